The summed E-state index contributed by atoms with van der Waals surface area (Å²) in [6, 6.07) is 7.77. The van der Waals surface area contributed by atoms with Crippen molar-refractivity contribution in [2.24, 2.45) is 5.41 Å². The van der Waals surface area contributed by atoms with E-state index in [1.165, 1.54) is 0 Å². The highest BCUT2D eigenvalue weighted by Crippen LogP contribution is 2.29. The Balaban J connectivity index is 1.59. The van der Waals surface area contributed by atoms with Crippen LogP contribution in [0, 0.1) is 12.3 Å². The molecule has 0 aliphatic carbocycles. The summed E-state index contributed by atoms with van der Waals surface area (Å²) in [6.07, 6.45) is 2.12. The molecule has 0 bridgehead atoms. The largest absolute Gasteiger partial charge is 0.396 e. The van der Waals surface area contributed by atoms with Crippen molar-refractivity contribution >= 4 is 16.8 Å². The van der Waals surface area contributed by atoms with E-state index < -0.39 is 0 Å². The molecule has 1 aromatic heterocycles. The second-order valence-electron chi connectivity index (χ2n) is 7.26. The van der Waals surface area contributed by atoms with E-state index in [1.807, 2.05) is 31.2 Å². The van der Waals surface area contributed by atoms with E-state index in [-0.39, 0.29) is 29.9 Å². The van der Waals surface area contributed by atoms with Crippen molar-refractivity contribution in [3.05, 3.63) is 45.7 Å². The number of H-pyrrole nitrogens is 1. The molecule has 0 spiro atoms. The summed E-state index contributed by atoms with van der Waals surface area (Å²) in [7, 11) is 0. The number of aliphatic hydroxyl groups excluding tert-OH is 1. The van der Waals surface area contributed by atoms with Gasteiger partial charge in [0.2, 0.25) is 5.91 Å². The number of nitrogens with one attached hydrogen (secondary N) is 2. The number of hydrogen-bond donors (Lipinski definition) is 3. The molecule has 1 amide bonds. The van der Waals surface area contributed by atoms with Crippen molar-refractivity contribution < 1.29 is 14.6 Å². The lowest BCUT2D eigenvalue weighted by atomic mass is 9.81. The van der Waals surface area contributed by atoms with Gasteiger partial charge in [-0.25, -0.2) is 0 Å². The molecule has 3 N–H and O–H groups in total. The van der Waals surface area contributed by atoms with Gasteiger partial charge in [-0.05, 0) is 49.3 Å². The molecule has 2 aromatic rings. The second-order valence-corrected chi connectivity index (χ2v) is 7.26. The van der Waals surface area contributed by atoms with Crippen molar-refractivity contribution in [3.63, 3.8) is 0 Å². The first-order chi connectivity index (χ1) is 12.5. The van der Waals surface area contributed by atoms with Gasteiger partial charge >= 0.3 is 0 Å². The van der Waals surface area contributed by atoms with Crippen LogP contribution >= 0.6 is 0 Å². The zero-order valence-electron chi connectivity index (χ0n) is 15.1. The number of pyridine rings is 1. The average molecular weight is 358 g/mol. The molecule has 140 valence electrons. The van der Waals surface area contributed by atoms with E-state index in [1.54, 1.807) is 0 Å². The molecule has 1 saturated heterocycles. The van der Waals surface area contributed by atoms with E-state index in [0.29, 0.717) is 31.7 Å². The van der Waals surface area contributed by atoms with Gasteiger partial charge in [0.15, 0.2) is 0 Å². The van der Waals surface area contributed by atoms with Crippen LogP contribution in [0.2, 0.25) is 0 Å². The van der Waals surface area contributed by atoms with E-state index in [9.17, 15) is 14.7 Å². The average Bonchev–Trinajstić information content (AvgIpc) is 2.65. The Bertz CT molecular complexity index is 837. The third kappa shape index (κ3) is 4.31. The minimum Gasteiger partial charge on any atom is -0.396 e. The summed E-state index contributed by atoms with van der Waals surface area (Å²) >= 11 is 0. The second kappa shape index (κ2) is 8.01. The van der Waals surface area contributed by atoms with Crippen LogP contribution in [0.4, 0.5) is 0 Å². The first-order valence-electron chi connectivity index (χ1n) is 9.09. The molecule has 1 aliphatic heterocycles. The maximum Gasteiger partial charge on any atom is 0.251 e. The molecule has 1 fully saturated rings. The third-order valence-corrected chi connectivity index (χ3v) is 5.25. The number of carbonyl (C=O) groups excluding carboxylic acids is 1. The zero-order chi connectivity index (χ0) is 18.6. The zero-order valence-corrected chi connectivity index (χ0v) is 15.1. The van der Waals surface area contributed by atoms with Crippen LogP contribution in [0.5, 0.6) is 0 Å². The Morgan fingerprint density at radius 3 is 2.81 bits per heavy atom. The van der Waals surface area contributed by atoms with Gasteiger partial charge < -0.3 is 20.1 Å². The predicted octanol–water partition coefficient (Wildman–Crippen LogP) is 1.67. The van der Waals surface area contributed by atoms with Crippen LogP contribution in [0.1, 0.15) is 30.4 Å². The highest BCUT2D eigenvalue weighted by molar-refractivity contribution is 5.80. The van der Waals surface area contributed by atoms with Gasteiger partial charge in [0.05, 0.1) is 6.61 Å². The monoisotopic (exact) mass is 358 g/mol. The molecule has 0 radical (unpaired) electrons. The van der Waals surface area contributed by atoms with Gasteiger partial charge in [0, 0.05) is 42.7 Å². The lowest BCUT2D eigenvalue weighted by molar-refractivity contribution is -0.122. The summed E-state index contributed by atoms with van der Waals surface area (Å²) in [5.74, 6) is -0.104. The molecule has 2 heterocycles. The highest BCUT2D eigenvalue weighted by Gasteiger charge is 2.32. The normalized spacial score (nSPS) is 16.5. The minimum absolute atomic E-state index is 0.0421. The number of benzene rings is 1. The van der Waals surface area contributed by atoms with Crippen LogP contribution in [0.3, 0.4) is 0 Å². The standard InChI is InChI=1S/C20H26N2O4/c1-14-2-3-15-11-16(19(25)22-17(15)10-14)4-5-18(24)21-12-20(13-23)6-8-26-9-7-20/h2-3,10-11,23H,4-9,12-13H2,1H3,(H,21,24)(H,22,25). The molecule has 1 aliphatic rings. The van der Waals surface area contributed by atoms with E-state index in [2.05, 4.69) is 10.3 Å². The molecule has 26 heavy (non-hydrogen) atoms. The third-order valence-electron chi connectivity index (χ3n) is 5.25. The molecular weight excluding hydrogens is 332 g/mol. The number of fused-ring (bicyclic) bond motifs is 1. The Kier molecular flexibility index (Phi) is 5.74. The quantitative estimate of drug-likeness (QED) is 0.733. The first-order valence-corrected chi connectivity index (χ1v) is 9.09. The number of amides is 1. The molecule has 6 nitrogen and oxygen atoms in total. The number of hydrogen-bond acceptors (Lipinski definition) is 4. The van der Waals surface area contributed by atoms with Crippen LogP contribution in [-0.2, 0) is 16.0 Å². The summed E-state index contributed by atoms with van der Waals surface area (Å²) in [5.41, 5.74) is 2.08. The fourth-order valence-corrected chi connectivity index (χ4v) is 3.36. The molecule has 3 rings (SSSR count). The van der Waals surface area contributed by atoms with Crippen LogP contribution in [-0.4, -0.2) is 42.4 Å². The van der Waals surface area contributed by atoms with E-state index in [4.69, 9.17) is 4.74 Å². The number of carbonyl (C=O) groups is 1. The Morgan fingerprint density at radius 2 is 2.08 bits per heavy atom. The number of aromatic amines is 1. The van der Waals surface area contributed by atoms with Crippen molar-refractivity contribution in [1.82, 2.24) is 10.3 Å². The van der Waals surface area contributed by atoms with Gasteiger partial charge in [0.25, 0.3) is 5.56 Å². The number of aryl methyl sites for hydroxylation is 2. The maximum atomic E-state index is 12.2. The molecule has 0 atom stereocenters. The molecule has 0 unspecified atom stereocenters. The van der Waals surface area contributed by atoms with E-state index >= 15 is 0 Å². The van der Waals surface area contributed by atoms with Gasteiger partial charge in [-0.1, -0.05) is 12.1 Å². The summed E-state index contributed by atoms with van der Waals surface area (Å²) in [5, 5.41) is 13.5. The summed E-state index contributed by atoms with van der Waals surface area (Å²) < 4.78 is 5.33. The fraction of sp³-hybridized carbons (Fsp3) is 0.500. The number of ether oxygens (including phenoxy) is 1. The Hall–Kier alpha value is -2.18. The van der Waals surface area contributed by atoms with Crippen LogP contribution < -0.4 is 10.9 Å². The topological polar surface area (TPSA) is 91.4 Å². The van der Waals surface area contributed by atoms with Gasteiger partial charge in [0.1, 0.15) is 0 Å². The van der Waals surface area contributed by atoms with Gasteiger partial charge in [-0.15, -0.1) is 0 Å². The first kappa shape index (κ1) is 18.6. The van der Waals surface area contributed by atoms with Crippen molar-refractivity contribution in [3.8, 4) is 0 Å². The van der Waals surface area contributed by atoms with Gasteiger partial charge in [-0.2, -0.15) is 0 Å². The van der Waals surface area contributed by atoms with Crippen molar-refractivity contribution in [1.29, 1.82) is 0 Å². The number of rotatable bonds is 6. The Morgan fingerprint density at radius 1 is 1.31 bits per heavy atom. The smallest absolute Gasteiger partial charge is 0.251 e. The van der Waals surface area contributed by atoms with Crippen molar-refractivity contribution in [2.45, 2.75) is 32.6 Å². The molecule has 0 saturated carbocycles. The lowest BCUT2D eigenvalue weighted by Crippen LogP contribution is -2.43. The predicted molar refractivity (Wildman–Crippen MR) is 100 cm³/mol. The summed E-state index contributed by atoms with van der Waals surface area (Å²) in [6.45, 7) is 3.69. The van der Waals surface area contributed by atoms with E-state index in [0.717, 1.165) is 29.3 Å². The highest BCUT2D eigenvalue weighted by atomic mass is 16.5. The maximum absolute atomic E-state index is 12.2. The fourth-order valence-electron chi connectivity index (χ4n) is 3.36. The molecule has 6 heteroatoms. The number of aromatic nitrogens is 1. The minimum atomic E-state index is -0.286. The molecule has 1 aromatic carbocycles. The van der Waals surface area contributed by atoms with Crippen LogP contribution in [0.25, 0.3) is 10.9 Å². The Labute approximate surface area is 152 Å². The van der Waals surface area contributed by atoms with Crippen molar-refractivity contribution in [2.75, 3.05) is 26.4 Å². The SMILES string of the molecule is Cc1ccc2cc(CCC(=O)NCC3(CO)CCOCC3)c(=O)[nH]c2c1. The lowest BCUT2D eigenvalue weighted by Gasteiger charge is -2.35. The number of aliphatic hydroxyl groups is 1. The van der Waals surface area contributed by atoms with Gasteiger partial charge in [-0.3, -0.25) is 9.59 Å². The summed E-state index contributed by atoms with van der Waals surface area (Å²) in [4.78, 5) is 27.3. The van der Waals surface area contributed by atoms with Crippen LogP contribution in [0.15, 0.2) is 29.1 Å². The molecular formula is C20H26N2O4.